The van der Waals surface area contributed by atoms with Gasteiger partial charge in [-0.05, 0) is 26.3 Å². The number of benzene rings is 1. The molecule has 3 N–H and O–H groups in total. The molecule has 0 aliphatic rings. The molecule has 0 fully saturated rings. The molecule has 7 nitrogen and oxygen atoms in total. The SMILES string of the molecule is [B]C(C)(NC(=O)/C(=C/C=C\C(C)NCc1cccc(OC)c1F)CC)C(=O)NC(C)=O. The van der Waals surface area contributed by atoms with Crippen LogP contribution in [-0.4, -0.2) is 44.2 Å². The van der Waals surface area contributed by atoms with E-state index in [0.717, 1.165) is 0 Å². The van der Waals surface area contributed by atoms with Crippen LogP contribution in [0.4, 0.5) is 4.39 Å². The van der Waals surface area contributed by atoms with Crippen LogP contribution in [0.2, 0.25) is 0 Å². The van der Waals surface area contributed by atoms with Gasteiger partial charge >= 0.3 is 0 Å². The van der Waals surface area contributed by atoms with Crippen molar-refractivity contribution in [3.63, 3.8) is 0 Å². The summed E-state index contributed by atoms with van der Waals surface area (Å²) in [7, 11) is 7.23. The number of nitrogens with one attached hydrogen (secondary N) is 3. The number of carbonyl (C=O) groups excluding carboxylic acids is 3. The largest absolute Gasteiger partial charge is 0.494 e. The van der Waals surface area contributed by atoms with E-state index in [1.165, 1.54) is 21.0 Å². The van der Waals surface area contributed by atoms with Gasteiger partial charge in [0.15, 0.2) is 11.6 Å². The van der Waals surface area contributed by atoms with Crippen LogP contribution in [0, 0.1) is 5.82 Å². The first-order valence-corrected chi connectivity index (χ1v) is 9.87. The maximum atomic E-state index is 14.2. The highest BCUT2D eigenvalue weighted by atomic mass is 19.1. The molecule has 0 aliphatic heterocycles. The second-order valence-electron chi connectivity index (χ2n) is 7.20. The molecule has 1 rings (SSSR count). The van der Waals surface area contributed by atoms with Crippen LogP contribution in [0.25, 0.3) is 0 Å². The van der Waals surface area contributed by atoms with Gasteiger partial charge in [0.25, 0.3) is 0 Å². The summed E-state index contributed by atoms with van der Waals surface area (Å²) >= 11 is 0. The fourth-order valence-electron chi connectivity index (χ4n) is 2.54. The summed E-state index contributed by atoms with van der Waals surface area (Å²) in [6.07, 6.45) is 5.52. The Bertz CT molecular complexity index is 868. The highest BCUT2D eigenvalue weighted by Gasteiger charge is 2.30. The van der Waals surface area contributed by atoms with E-state index < -0.39 is 29.0 Å². The maximum Gasteiger partial charge on any atom is 0.247 e. The van der Waals surface area contributed by atoms with Crippen molar-refractivity contribution in [3.05, 3.63) is 53.4 Å². The van der Waals surface area contributed by atoms with E-state index in [2.05, 4.69) is 10.6 Å². The molecule has 2 unspecified atom stereocenters. The molecule has 0 saturated carbocycles. The van der Waals surface area contributed by atoms with Crippen molar-refractivity contribution in [2.75, 3.05) is 7.11 Å². The van der Waals surface area contributed by atoms with Crippen molar-refractivity contribution in [1.82, 2.24) is 16.0 Å². The summed E-state index contributed by atoms with van der Waals surface area (Å²) in [4.78, 5) is 35.4. The van der Waals surface area contributed by atoms with Gasteiger partial charge in [0.2, 0.25) is 17.7 Å². The van der Waals surface area contributed by atoms with Crippen molar-refractivity contribution < 1.29 is 23.5 Å². The molecular formula is C22H29BFN3O4. The standard InChI is InChI=1S/C22H29BFN3O4/c1-6-16(20(29)27-22(4,23)21(30)26-15(3)28)10-7-9-14(2)25-13-17-11-8-12-18(31-5)19(17)24/h7-12,14,25H,6,13H2,1-5H3,(H,27,29)(H,26,28,30)/b9-7-,16-10+. The van der Waals surface area contributed by atoms with Crippen molar-refractivity contribution in [2.45, 2.75) is 52.1 Å². The Kier molecular flexibility index (Phi) is 10.1. The summed E-state index contributed by atoms with van der Waals surface area (Å²) in [5.41, 5.74) is -0.861. The highest BCUT2D eigenvalue weighted by Crippen LogP contribution is 2.19. The molecule has 1 aromatic carbocycles. The van der Waals surface area contributed by atoms with Gasteiger partial charge in [-0.2, -0.15) is 0 Å². The Labute approximate surface area is 183 Å². The van der Waals surface area contributed by atoms with Gasteiger partial charge < -0.3 is 15.4 Å². The molecule has 0 spiro atoms. The van der Waals surface area contributed by atoms with Crippen LogP contribution < -0.4 is 20.7 Å². The zero-order chi connectivity index (χ0) is 23.6. The Morgan fingerprint density at radius 2 is 2.00 bits per heavy atom. The van der Waals surface area contributed by atoms with Crippen molar-refractivity contribution in [3.8, 4) is 5.75 Å². The first kappa shape index (κ1) is 26.1. The average Bonchev–Trinajstić information content (AvgIpc) is 2.69. The lowest BCUT2D eigenvalue weighted by atomic mass is 9.78. The van der Waals surface area contributed by atoms with Crippen molar-refractivity contribution in [1.29, 1.82) is 0 Å². The van der Waals surface area contributed by atoms with Gasteiger partial charge in [0.1, 0.15) is 7.85 Å². The van der Waals surface area contributed by atoms with Crippen LogP contribution in [0.1, 0.15) is 39.7 Å². The van der Waals surface area contributed by atoms with Gasteiger partial charge in [0.05, 0.1) is 12.5 Å². The Balaban J connectivity index is 2.71. The highest BCUT2D eigenvalue weighted by molar-refractivity contribution is 6.30. The minimum absolute atomic E-state index is 0.107. The Morgan fingerprint density at radius 1 is 1.32 bits per heavy atom. The lowest BCUT2D eigenvalue weighted by molar-refractivity contribution is -0.133. The summed E-state index contributed by atoms with van der Waals surface area (Å²) in [5.74, 6) is -2.11. The lowest BCUT2D eigenvalue weighted by Crippen LogP contribution is -2.58. The van der Waals surface area contributed by atoms with Crippen molar-refractivity contribution >= 4 is 25.6 Å². The van der Waals surface area contributed by atoms with E-state index in [-0.39, 0.29) is 11.8 Å². The zero-order valence-corrected chi connectivity index (χ0v) is 18.5. The molecule has 1 aromatic rings. The summed E-state index contributed by atoms with van der Waals surface area (Å²) in [5, 5.41) is 7.63. The van der Waals surface area contributed by atoms with E-state index in [4.69, 9.17) is 12.6 Å². The van der Waals surface area contributed by atoms with E-state index in [1.807, 2.05) is 18.3 Å². The molecule has 0 bridgehead atoms. The molecule has 2 atom stereocenters. The average molecular weight is 429 g/mol. The predicted octanol–water partition coefficient (Wildman–Crippen LogP) is 1.87. The van der Waals surface area contributed by atoms with E-state index >= 15 is 0 Å². The number of halogens is 1. The third-order valence-electron chi connectivity index (χ3n) is 4.38. The number of methoxy groups -OCH3 is 1. The Morgan fingerprint density at radius 3 is 2.58 bits per heavy atom. The molecule has 0 heterocycles. The van der Waals surface area contributed by atoms with E-state index in [0.29, 0.717) is 24.1 Å². The van der Waals surface area contributed by atoms with Gasteiger partial charge in [-0.25, -0.2) is 4.39 Å². The molecule has 0 saturated heterocycles. The number of ether oxygens (including phenoxy) is 1. The quantitative estimate of drug-likeness (QED) is 0.300. The third kappa shape index (κ3) is 8.37. The van der Waals surface area contributed by atoms with Gasteiger partial charge in [0, 0.05) is 30.6 Å². The topological polar surface area (TPSA) is 96.5 Å². The number of rotatable bonds is 10. The van der Waals surface area contributed by atoms with Crippen molar-refractivity contribution in [2.24, 2.45) is 0 Å². The minimum Gasteiger partial charge on any atom is -0.494 e. The summed E-state index contributed by atoms with van der Waals surface area (Å²) in [6, 6.07) is 4.84. The number of carbonyl (C=O) groups is 3. The fraction of sp³-hybridized carbons (Fsp3) is 0.409. The molecule has 3 amide bonds. The summed E-state index contributed by atoms with van der Waals surface area (Å²) < 4.78 is 19.2. The number of allylic oxidation sites excluding steroid dienone is 2. The molecule has 166 valence electrons. The smallest absolute Gasteiger partial charge is 0.247 e. The molecule has 31 heavy (non-hydrogen) atoms. The molecular weight excluding hydrogens is 400 g/mol. The number of hydrogen-bond donors (Lipinski definition) is 3. The van der Waals surface area contributed by atoms with Gasteiger partial charge in [-0.3, -0.25) is 19.7 Å². The molecule has 0 aromatic heterocycles. The monoisotopic (exact) mass is 429 g/mol. The zero-order valence-electron chi connectivity index (χ0n) is 18.5. The molecule has 9 heteroatoms. The number of amides is 3. The fourth-order valence-corrected chi connectivity index (χ4v) is 2.54. The van der Waals surface area contributed by atoms with E-state index in [9.17, 15) is 18.8 Å². The van der Waals surface area contributed by atoms with Crippen LogP contribution in [0.15, 0.2) is 42.0 Å². The first-order valence-electron chi connectivity index (χ1n) is 9.87. The van der Waals surface area contributed by atoms with Crippen LogP contribution in [0.3, 0.4) is 0 Å². The number of imide groups is 1. The normalized spacial score (nSPS) is 14.6. The van der Waals surface area contributed by atoms with Crippen LogP contribution in [0.5, 0.6) is 5.75 Å². The van der Waals surface area contributed by atoms with Crippen LogP contribution in [-0.2, 0) is 20.9 Å². The minimum atomic E-state index is -1.74. The maximum absolute atomic E-state index is 14.2. The molecule has 0 aliphatic carbocycles. The third-order valence-corrected chi connectivity index (χ3v) is 4.38. The van der Waals surface area contributed by atoms with E-state index in [1.54, 1.807) is 37.3 Å². The van der Waals surface area contributed by atoms with Gasteiger partial charge in [-0.1, -0.05) is 37.3 Å². The van der Waals surface area contributed by atoms with Crippen LogP contribution >= 0.6 is 0 Å². The molecule has 2 radical (unpaired) electrons. The second kappa shape index (κ2) is 12.0. The predicted molar refractivity (Wildman–Crippen MR) is 118 cm³/mol. The number of hydrogen-bond acceptors (Lipinski definition) is 5. The second-order valence-corrected chi connectivity index (χ2v) is 7.20. The van der Waals surface area contributed by atoms with Gasteiger partial charge in [-0.15, -0.1) is 0 Å². The Hall–Kier alpha value is -2.94. The first-order chi connectivity index (χ1) is 14.5. The lowest BCUT2D eigenvalue weighted by Gasteiger charge is -2.25. The summed E-state index contributed by atoms with van der Waals surface area (Å²) in [6.45, 7) is 6.45.